The SMILES string of the molecule is C=CCCC1CCC(C2CCC(C3CCC(c4ccc(-c5ccc(OCC)c(F)c5F)cc4)CC3)CO2)CC1. The first kappa shape index (κ1) is 28.3. The van der Waals surface area contributed by atoms with Gasteiger partial charge in [-0.2, -0.15) is 4.39 Å². The summed E-state index contributed by atoms with van der Waals surface area (Å²) in [6, 6.07) is 11.2. The van der Waals surface area contributed by atoms with Crippen LogP contribution in [0, 0.1) is 35.3 Å². The van der Waals surface area contributed by atoms with Crippen LogP contribution in [0.1, 0.15) is 95.5 Å². The van der Waals surface area contributed by atoms with E-state index in [-0.39, 0.29) is 11.3 Å². The summed E-state index contributed by atoms with van der Waals surface area (Å²) in [4.78, 5) is 0. The van der Waals surface area contributed by atoms with Gasteiger partial charge in [-0.1, -0.05) is 43.2 Å². The van der Waals surface area contributed by atoms with Crippen molar-refractivity contribution in [2.45, 2.75) is 96.0 Å². The first-order valence-corrected chi connectivity index (χ1v) is 15.5. The molecule has 0 aromatic heterocycles. The molecule has 2 aromatic rings. The van der Waals surface area contributed by atoms with Gasteiger partial charge in [-0.3, -0.25) is 0 Å². The average Bonchev–Trinajstić information content (AvgIpc) is 2.99. The lowest BCUT2D eigenvalue weighted by atomic mass is 9.71. The highest BCUT2D eigenvalue weighted by atomic mass is 19.2. The number of benzene rings is 2. The van der Waals surface area contributed by atoms with Gasteiger partial charge in [-0.25, -0.2) is 4.39 Å². The molecule has 0 N–H and O–H groups in total. The summed E-state index contributed by atoms with van der Waals surface area (Å²) in [6.45, 7) is 6.89. The molecule has 1 aliphatic heterocycles. The standard InChI is InChI=1S/C35H46F2O2/c1-3-5-6-24-7-9-29(10-8-24)32-21-19-30(23-39-32)27-13-11-25(12-14-27)26-15-17-28(18-16-26)31-20-22-33(38-4-2)35(37)34(31)36/h3,15-18,20,22,24-25,27,29-30,32H,1,4-14,19,21,23H2,2H3. The van der Waals surface area contributed by atoms with E-state index in [0.717, 1.165) is 30.8 Å². The second-order valence-corrected chi connectivity index (χ2v) is 12.3. The van der Waals surface area contributed by atoms with Crippen molar-refractivity contribution in [3.63, 3.8) is 0 Å². The second-order valence-electron chi connectivity index (χ2n) is 12.3. The highest BCUT2D eigenvalue weighted by molar-refractivity contribution is 5.65. The van der Waals surface area contributed by atoms with E-state index in [9.17, 15) is 8.78 Å². The Bertz CT molecular complexity index is 1060. The average molecular weight is 537 g/mol. The summed E-state index contributed by atoms with van der Waals surface area (Å²) < 4.78 is 40.7. The molecule has 0 spiro atoms. The fourth-order valence-electron chi connectivity index (χ4n) is 7.62. The molecule has 0 amide bonds. The van der Waals surface area contributed by atoms with Crippen molar-refractivity contribution in [3.05, 3.63) is 66.3 Å². The Kier molecular flexibility index (Phi) is 9.76. The molecule has 3 fully saturated rings. The Balaban J connectivity index is 1.08. The molecule has 2 atom stereocenters. The molecule has 39 heavy (non-hydrogen) atoms. The Morgan fingerprint density at radius 1 is 0.821 bits per heavy atom. The molecule has 212 valence electrons. The maximum Gasteiger partial charge on any atom is 0.201 e. The van der Waals surface area contributed by atoms with Crippen LogP contribution in [0.25, 0.3) is 11.1 Å². The molecule has 2 saturated carbocycles. The summed E-state index contributed by atoms with van der Waals surface area (Å²) in [6.07, 6.45) is 18.0. The van der Waals surface area contributed by atoms with Gasteiger partial charge in [-0.15, -0.1) is 6.58 Å². The number of allylic oxidation sites excluding steroid dienone is 1. The third kappa shape index (κ3) is 6.76. The first-order chi connectivity index (χ1) is 19.1. The van der Waals surface area contributed by atoms with Crippen LogP contribution in [0.5, 0.6) is 5.75 Å². The van der Waals surface area contributed by atoms with E-state index in [4.69, 9.17) is 9.47 Å². The topological polar surface area (TPSA) is 18.5 Å². The van der Waals surface area contributed by atoms with Crippen LogP contribution >= 0.6 is 0 Å². The van der Waals surface area contributed by atoms with Crippen LogP contribution in [0.3, 0.4) is 0 Å². The van der Waals surface area contributed by atoms with Crippen LogP contribution in [0.4, 0.5) is 8.78 Å². The van der Waals surface area contributed by atoms with E-state index in [1.165, 1.54) is 82.3 Å². The van der Waals surface area contributed by atoms with Crippen LogP contribution in [-0.2, 0) is 4.74 Å². The monoisotopic (exact) mass is 536 g/mol. The van der Waals surface area contributed by atoms with Gasteiger partial charge in [0.05, 0.1) is 19.3 Å². The molecule has 2 unspecified atom stereocenters. The largest absolute Gasteiger partial charge is 0.491 e. The Labute approximate surface area is 234 Å². The fourth-order valence-corrected chi connectivity index (χ4v) is 7.62. The first-order valence-electron chi connectivity index (χ1n) is 15.5. The minimum atomic E-state index is -0.915. The second kappa shape index (κ2) is 13.4. The molecule has 3 aliphatic rings. The zero-order valence-corrected chi connectivity index (χ0v) is 23.7. The lowest BCUT2D eigenvalue weighted by molar-refractivity contribution is -0.0732. The molecule has 4 heteroatoms. The summed E-state index contributed by atoms with van der Waals surface area (Å²) >= 11 is 0. The predicted octanol–water partition coefficient (Wildman–Crippen LogP) is 9.87. The van der Waals surface area contributed by atoms with Crippen molar-refractivity contribution < 1.29 is 18.3 Å². The Hall–Kier alpha value is -2.20. The van der Waals surface area contributed by atoms with Crippen LogP contribution in [0.15, 0.2) is 49.1 Å². The number of hydrogen-bond acceptors (Lipinski definition) is 2. The van der Waals surface area contributed by atoms with Crippen molar-refractivity contribution >= 4 is 0 Å². The van der Waals surface area contributed by atoms with Gasteiger partial charge in [0.15, 0.2) is 11.6 Å². The summed E-state index contributed by atoms with van der Waals surface area (Å²) in [5.41, 5.74) is 2.29. The van der Waals surface area contributed by atoms with Gasteiger partial charge in [0.25, 0.3) is 0 Å². The van der Waals surface area contributed by atoms with Crippen LogP contribution in [0.2, 0.25) is 0 Å². The Morgan fingerprint density at radius 2 is 1.51 bits per heavy atom. The summed E-state index contributed by atoms with van der Waals surface area (Å²) in [5, 5.41) is 0. The van der Waals surface area contributed by atoms with Gasteiger partial charge < -0.3 is 9.47 Å². The molecule has 0 bridgehead atoms. The van der Waals surface area contributed by atoms with Crippen LogP contribution in [-0.4, -0.2) is 19.3 Å². The smallest absolute Gasteiger partial charge is 0.201 e. The third-order valence-corrected chi connectivity index (χ3v) is 10.0. The van der Waals surface area contributed by atoms with E-state index in [2.05, 4.69) is 24.8 Å². The molecule has 1 saturated heterocycles. The minimum Gasteiger partial charge on any atom is -0.491 e. The normalized spacial score (nSPS) is 29.6. The number of halogens is 2. The summed E-state index contributed by atoms with van der Waals surface area (Å²) in [5.74, 6) is 1.92. The quantitative estimate of drug-likeness (QED) is 0.297. The van der Waals surface area contributed by atoms with Crippen molar-refractivity contribution in [3.8, 4) is 16.9 Å². The van der Waals surface area contributed by atoms with E-state index >= 15 is 0 Å². The van der Waals surface area contributed by atoms with E-state index < -0.39 is 11.6 Å². The highest BCUT2D eigenvalue weighted by Crippen LogP contribution is 2.44. The van der Waals surface area contributed by atoms with Crippen molar-refractivity contribution in [2.24, 2.45) is 23.7 Å². The minimum absolute atomic E-state index is 0.0342. The predicted molar refractivity (Wildman–Crippen MR) is 155 cm³/mol. The van der Waals surface area contributed by atoms with Gasteiger partial charge >= 0.3 is 0 Å². The maximum absolute atomic E-state index is 14.7. The van der Waals surface area contributed by atoms with Gasteiger partial charge in [0, 0.05) is 5.56 Å². The zero-order chi connectivity index (χ0) is 27.2. The van der Waals surface area contributed by atoms with Crippen LogP contribution < -0.4 is 4.74 Å². The van der Waals surface area contributed by atoms with E-state index in [1.807, 2.05) is 12.1 Å². The third-order valence-electron chi connectivity index (χ3n) is 10.0. The highest BCUT2D eigenvalue weighted by Gasteiger charge is 2.35. The summed E-state index contributed by atoms with van der Waals surface area (Å²) in [7, 11) is 0. The van der Waals surface area contributed by atoms with Crippen molar-refractivity contribution in [1.29, 1.82) is 0 Å². The van der Waals surface area contributed by atoms with Gasteiger partial charge in [0.1, 0.15) is 0 Å². The molecule has 2 aliphatic carbocycles. The molecule has 0 radical (unpaired) electrons. The van der Waals surface area contributed by atoms with Crippen molar-refractivity contribution in [1.82, 2.24) is 0 Å². The number of ether oxygens (including phenoxy) is 2. The molecule has 5 rings (SSSR count). The lowest BCUT2D eigenvalue weighted by Gasteiger charge is -2.41. The lowest BCUT2D eigenvalue weighted by Crippen LogP contribution is -2.37. The molecular weight excluding hydrogens is 490 g/mol. The molecule has 2 nitrogen and oxygen atoms in total. The number of rotatable bonds is 9. The number of hydrogen-bond donors (Lipinski definition) is 0. The molecule has 1 heterocycles. The maximum atomic E-state index is 14.7. The Morgan fingerprint density at radius 3 is 2.15 bits per heavy atom. The van der Waals surface area contributed by atoms with E-state index in [0.29, 0.717) is 30.1 Å². The van der Waals surface area contributed by atoms with E-state index in [1.54, 1.807) is 13.0 Å². The molecular formula is C35H46F2O2. The molecule has 2 aromatic carbocycles. The van der Waals surface area contributed by atoms with Gasteiger partial charge in [0.2, 0.25) is 5.82 Å². The zero-order valence-electron chi connectivity index (χ0n) is 23.7. The van der Waals surface area contributed by atoms with Crippen molar-refractivity contribution in [2.75, 3.05) is 13.2 Å². The fraction of sp³-hybridized carbons (Fsp3) is 0.600. The van der Waals surface area contributed by atoms with Gasteiger partial charge in [-0.05, 0) is 124 Å².